The lowest BCUT2D eigenvalue weighted by atomic mass is 9.85. The van der Waals surface area contributed by atoms with Crippen molar-refractivity contribution in [1.82, 2.24) is 9.97 Å². The minimum absolute atomic E-state index is 0.102. The van der Waals surface area contributed by atoms with Gasteiger partial charge in [-0.2, -0.15) is 4.98 Å². The van der Waals surface area contributed by atoms with Crippen molar-refractivity contribution >= 4 is 16.8 Å². The summed E-state index contributed by atoms with van der Waals surface area (Å²) >= 11 is 0. The highest BCUT2D eigenvalue weighted by molar-refractivity contribution is 5.84. The molecule has 162 valence electrons. The van der Waals surface area contributed by atoms with Crippen LogP contribution in [0.1, 0.15) is 69.8 Å². The van der Waals surface area contributed by atoms with E-state index in [0.29, 0.717) is 23.6 Å². The van der Waals surface area contributed by atoms with E-state index in [1.165, 1.54) is 38.2 Å². The van der Waals surface area contributed by atoms with Gasteiger partial charge in [-0.1, -0.05) is 37.3 Å². The van der Waals surface area contributed by atoms with Crippen molar-refractivity contribution in [3.8, 4) is 6.01 Å². The molecule has 1 N–H and O–H groups in total. The third-order valence-corrected chi connectivity index (χ3v) is 6.04. The number of hydrogen-bond acceptors (Lipinski definition) is 6. The van der Waals surface area contributed by atoms with Crippen LogP contribution < -0.4 is 16.0 Å². The van der Waals surface area contributed by atoms with Crippen LogP contribution in [-0.2, 0) is 6.42 Å². The third-order valence-electron chi connectivity index (χ3n) is 6.04. The van der Waals surface area contributed by atoms with Crippen molar-refractivity contribution in [1.29, 1.82) is 0 Å². The standard InChI is InChI=1S/C21H25F2N3O4/c22-21(23)10-8-15(9-11-21)26-30-20-24-18(28)17-14(12-16(27)29-19(17)25-20)7-6-13-4-2-1-3-5-13/h12-13H,1-11H2,(H,24,25,28). The van der Waals surface area contributed by atoms with Crippen LogP contribution in [0.15, 0.2) is 25.2 Å². The third kappa shape index (κ3) is 4.94. The summed E-state index contributed by atoms with van der Waals surface area (Å²) in [5, 5.41) is 4.08. The summed E-state index contributed by atoms with van der Waals surface area (Å²) in [5.41, 5.74) is -0.0617. The Morgan fingerprint density at radius 3 is 2.67 bits per heavy atom. The Kier molecular flexibility index (Phi) is 5.97. The molecule has 30 heavy (non-hydrogen) atoms. The molecule has 2 saturated carbocycles. The summed E-state index contributed by atoms with van der Waals surface area (Å²) in [5.74, 6) is -2.07. The molecule has 9 heteroatoms. The topological polar surface area (TPSA) is 97.5 Å². The van der Waals surface area contributed by atoms with E-state index in [4.69, 9.17) is 9.25 Å². The molecule has 2 aromatic heterocycles. The second-order valence-electron chi connectivity index (χ2n) is 8.29. The van der Waals surface area contributed by atoms with E-state index in [0.717, 1.165) is 6.42 Å². The Bertz CT molecular complexity index is 1040. The summed E-state index contributed by atoms with van der Waals surface area (Å²) in [7, 11) is 0. The molecule has 2 aliphatic carbocycles. The maximum Gasteiger partial charge on any atom is 0.337 e. The summed E-state index contributed by atoms with van der Waals surface area (Å²) in [6.45, 7) is 0. The highest BCUT2D eigenvalue weighted by Gasteiger charge is 2.33. The zero-order valence-corrected chi connectivity index (χ0v) is 16.7. The van der Waals surface area contributed by atoms with Gasteiger partial charge < -0.3 is 9.25 Å². The lowest BCUT2D eigenvalue weighted by Gasteiger charge is -2.21. The van der Waals surface area contributed by atoms with Crippen molar-refractivity contribution in [3.05, 3.63) is 32.4 Å². The Morgan fingerprint density at radius 2 is 1.93 bits per heavy atom. The molecule has 0 spiro atoms. The lowest BCUT2D eigenvalue weighted by Crippen LogP contribution is -2.25. The van der Waals surface area contributed by atoms with Crippen molar-refractivity contribution < 1.29 is 18.0 Å². The smallest absolute Gasteiger partial charge is 0.337 e. The fraction of sp³-hybridized carbons (Fsp3) is 0.619. The van der Waals surface area contributed by atoms with Gasteiger partial charge in [0.1, 0.15) is 5.39 Å². The molecule has 0 atom stereocenters. The molecule has 2 heterocycles. The van der Waals surface area contributed by atoms with Crippen LogP contribution in [0.25, 0.3) is 11.1 Å². The highest BCUT2D eigenvalue weighted by Crippen LogP contribution is 2.32. The molecule has 0 aliphatic heterocycles. The van der Waals surface area contributed by atoms with E-state index >= 15 is 0 Å². The number of aromatic nitrogens is 2. The van der Waals surface area contributed by atoms with Gasteiger partial charge in [0, 0.05) is 18.9 Å². The molecule has 2 fully saturated rings. The summed E-state index contributed by atoms with van der Waals surface area (Å²) in [6, 6.07) is 1.12. The van der Waals surface area contributed by atoms with Crippen molar-refractivity contribution in [2.24, 2.45) is 11.1 Å². The number of alkyl halides is 2. The minimum atomic E-state index is -2.67. The largest absolute Gasteiger partial charge is 0.403 e. The fourth-order valence-electron chi connectivity index (χ4n) is 4.31. The van der Waals surface area contributed by atoms with E-state index < -0.39 is 17.1 Å². The first-order valence-electron chi connectivity index (χ1n) is 10.6. The maximum atomic E-state index is 13.2. The van der Waals surface area contributed by atoms with Crippen molar-refractivity contribution in [2.45, 2.75) is 76.6 Å². The van der Waals surface area contributed by atoms with Crippen LogP contribution >= 0.6 is 0 Å². The maximum absolute atomic E-state index is 13.2. The average molecular weight is 421 g/mol. The molecule has 0 aromatic carbocycles. The number of aromatic amines is 1. The Labute approximate surface area is 171 Å². The monoisotopic (exact) mass is 421 g/mol. The number of fused-ring (bicyclic) bond motifs is 1. The van der Waals surface area contributed by atoms with E-state index in [9.17, 15) is 18.4 Å². The van der Waals surface area contributed by atoms with Crippen LogP contribution in [0.4, 0.5) is 8.78 Å². The van der Waals surface area contributed by atoms with Gasteiger partial charge in [-0.25, -0.2) is 13.6 Å². The summed E-state index contributed by atoms with van der Waals surface area (Å²) < 4.78 is 31.6. The predicted octanol–water partition coefficient (Wildman–Crippen LogP) is 4.33. The zero-order valence-electron chi connectivity index (χ0n) is 16.7. The molecule has 4 rings (SSSR count). The average Bonchev–Trinajstić information content (AvgIpc) is 2.71. The van der Waals surface area contributed by atoms with E-state index in [2.05, 4.69) is 15.1 Å². The second-order valence-corrected chi connectivity index (χ2v) is 8.29. The molecule has 0 saturated heterocycles. The number of halogens is 2. The Hall–Kier alpha value is -2.58. The van der Waals surface area contributed by atoms with Gasteiger partial charge in [0.2, 0.25) is 11.6 Å². The summed E-state index contributed by atoms with van der Waals surface area (Å²) in [6.07, 6.45) is 7.27. The first-order chi connectivity index (χ1) is 14.4. The van der Waals surface area contributed by atoms with Gasteiger partial charge in [-0.05, 0) is 37.2 Å². The van der Waals surface area contributed by atoms with E-state index in [-0.39, 0.29) is 42.8 Å². The molecule has 0 unspecified atom stereocenters. The van der Waals surface area contributed by atoms with Crippen LogP contribution in [0.3, 0.4) is 0 Å². The van der Waals surface area contributed by atoms with Gasteiger partial charge in [0.15, 0.2) is 0 Å². The van der Waals surface area contributed by atoms with E-state index in [1.54, 1.807) is 0 Å². The SMILES string of the molecule is O=c1cc(CCC2CCCCC2)c2c(=O)[nH]c(ON=C3CCC(F)(F)CC3)nc2o1. The predicted molar refractivity (Wildman–Crippen MR) is 107 cm³/mol. The first kappa shape index (κ1) is 20.7. The van der Waals surface area contributed by atoms with Crippen molar-refractivity contribution in [2.75, 3.05) is 0 Å². The number of hydrogen-bond donors (Lipinski definition) is 1. The normalized spacial score (nSPS) is 19.7. The zero-order chi connectivity index (χ0) is 21.1. The van der Waals surface area contributed by atoms with Crippen LogP contribution in [0.2, 0.25) is 0 Å². The number of nitrogens with zero attached hydrogens (tertiary/aromatic N) is 2. The first-order valence-corrected chi connectivity index (χ1v) is 10.6. The molecular weight excluding hydrogens is 396 g/mol. The van der Waals surface area contributed by atoms with Crippen LogP contribution in [0, 0.1) is 5.92 Å². The van der Waals surface area contributed by atoms with E-state index in [1.807, 2.05) is 0 Å². The second kappa shape index (κ2) is 8.65. The van der Waals surface area contributed by atoms with Crippen LogP contribution in [-0.4, -0.2) is 21.6 Å². The van der Waals surface area contributed by atoms with Gasteiger partial charge in [-0.3, -0.25) is 9.78 Å². The van der Waals surface area contributed by atoms with Gasteiger partial charge in [-0.15, -0.1) is 0 Å². The Morgan fingerprint density at radius 1 is 1.20 bits per heavy atom. The number of oxime groups is 1. The molecule has 7 nitrogen and oxygen atoms in total. The molecule has 0 bridgehead atoms. The number of rotatable bonds is 5. The Balaban J connectivity index is 1.53. The van der Waals surface area contributed by atoms with Gasteiger partial charge in [0.05, 0.1) is 5.71 Å². The molecular formula is C21H25F2N3O4. The minimum Gasteiger partial charge on any atom is -0.403 e. The number of nitrogens with one attached hydrogen (secondary N) is 1. The van der Waals surface area contributed by atoms with Gasteiger partial charge in [0.25, 0.3) is 5.56 Å². The molecule has 0 radical (unpaired) electrons. The molecule has 0 amide bonds. The molecule has 2 aromatic rings. The quantitative estimate of drug-likeness (QED) is 0.725. The highest BCUT2D eigenvalue weighted by atomic mass is 19.3. The van der Waals surface area contributed by atoms with Crippen LogP contribution in [0.5, 0.6) is 6.01 Å². The number of H-pyrrole nitrogens is 1. The van der Waals surface area contributed by atoms with Gasteiger partial charge >= 0.3 is 11.6 Å². The summed E-state index contributed by atoms with van der Waals surface area (Å²) in [4.78, 5) is 36.3. The molecule has 2 aliphatic rings. The van der Waals surface area contributed by atoms with Crippen molar-refractivity contribution in [3.63, 3.8) is 0 Å². The fourth-order valence-corrected chi connectivity index (χ4v) is 4.31. The lowest BCUT2D eigenvalue weighted by molar-refractivity contribution is -0.0185. The number of aryl methyl sites for hydroxylation is 1.